The first-order valence-corrected chi connectivity index (χ1v) is 12.5. The molecule has 4 heteroatoms. The molecule has 0 radical (unpaired) electrons. The Morgan fingerprint density at radius 3 is 1.26 bits per heavy atom. The third-order valence-electron chi connectivity index (χ3n) is 7.87. The second kappa shape index (κ2) is 8.84. The van der Waals surface area contributed by atoms with Crippen LogP contribution in [0.15, 0.2) is 90.3 Å². The van der Waals surface area contributed by atoms with Crippen LogP contribution in [-0.2, 0) is 0 Å². The van der Waals surface area contributed by atoms with Gasteiger partial charge < -0.3 is 19.6 Å². The third kappa shape index (κ3) is 3.59. The molecule has 2 atom stereocenters. The fourth-order valence-corrected chi connectivity index (χ4v) is 5.93. The molecule has 0 fully saturated rings. The molecule has 0 saturated carbocycles. The molecule has 0 spiro atoms. The van der Waals surface area contributed by atoms with Crippen LogP contribution < -0.4 is 9.80 Å². The summed E-state index contributed by atoms with van der Waals surface area (Å²) in [6.07, 6.45) is 0.462. The summed E-state index contributed by atoms with van der Waals surface area (Å²) in [7, 11) is 4.40. The lowest BCUT2D eigenvalue weighted by atomic mass is 10.1. The Hall–Kier alpha value is -3.66. The standard InChI is InChI=1S/C31H36N4/c1-21-28(34-22(2)30(32(6)24(34)4)26-15-10-8-11-16-26)19-14-20-29(21)35-23(3)31(33(7)25(35)5)27-17-12-9-13-18-27/h8-20,24-25H,1-7H3/t24-,25+. The Labute approximate surface area is 210 Å². The van der Waals surface area contributed by atoms with E-state index in [1.54, 1.807) is 0 Å². The Kier molecular flexibility index (Phi) is 5.84. The molecule has 3 aromatic rings. The Morgan fingerprint density at radius 1 is 0.514 bits per heavy atom. The summed E-state index contributed by atoms with van der Waals surface area (Å²) >= 11 is 0. The van der Waals surface area contributed by atoms with Crippen molar-refractivity contribution in [3.05, 3.63) is 107 Å². The molecule has 0 aliphatic carbocycles. The van der Waals surface area contributed by atoms with Gasteiger partial charge in [-0.25, -0.2) is 0 Å². The summed E-state index contributed by atoms with van der Waals surface area (Å²) in [5, 5.41) is 0. The van der Waals surface area contributed by atoms with Gasteiger partial charge in [0.05, 0.1) is 11.4 Å². The molecule has 2 aliphatic heterocycles. The largest absolute Gasteiger partial charge is 0.352 e. The Bertz CT molecular complexity index is 1190. The van der Waals surface area contributed by atoms with Gasteiger partial charge in [-0.05, 0) is 63.4 Å². The van der Waals surface area contributed by atoms with Crippen molar-refractivity contribution < 1.29 is 0 Å². The van der Waals surface area contributed by atoms with Crippen LogP contribution in [0.25, 0.3) is 11.4 Å². The average molecular weight is 465 g/mol. The fourth-order valence-electron chi connectivity index (χ4n) is 5.93. The minimum atomic E-state index is 0.231. The van der Waals surface area contributed by atoms with Crippen LogP contribution in [-0.4, -0.2) is 36.2 Å². The molecule has 0 N–H and O–H groups in total. The van der Waals surface area contributed by atoms with E-state index in [0.717, 1.165) is 0 Å². The maximum Gasteiger partial charge on any atom is 0.103 e. The van der Waals surface area contributed by atoms with Gasteiger partial charge in [-0.2, -0.15) is 0 Å². The fraction of sp³-hybridized carbons (Fsp3) is 0.290. The number of hydrogen-bond donors (Lipinski definition) is 0. The number of allylic oxidation sites excluding steroid dienone is 2. The zero-order chi connectivity index (χ0) is 24.9. The van der Waals surface area contributed by atoms with E-state index in [1.807, 2.05) is 0 Å². The van der Waals surface area contributed by atoms with E-state index in [9.17, 15) is 0 Å². The molecule has 2 aliphatic rings. The topological polar surface area (TPSA) is 13.0 Å². The second-order valence-corrected chi connectivity index (χ2v) is 9.75. The predicted octanol–water partition coefficient (Wildman–Crippen LogP) is 6.97. The van der Waals surface area contributed by atoms with Crippen molar-refractivity contribution in [2.75, 3.05) is 23.9 Å². The van der Waals surface area contributed by atoms with Crippen molar-refractivity contribution in [3.63, 3.8) is 0 Å². The highest BCUT2D eigenvalue weighted by atomic mass is 15.4. The van der Waals surface area contributed by atoms with Crippen LogP contribution in [0.4, 0.5) is 11.4 Å². The van der Waals surface area contributed by atoms with Crippen LogP contribution in [0.2, 0.25) is 0 Å². The molecule has 3 aromatic carbocycles. The molecule has 5 rings (SSSR count). The van der Waals surface area contributed by atoms with Crippen LogP contribution >= 0.6 is 0 Å². The molecule has 4 nitrogen and oxygen atoms in total. The smallest absolute Gasteiger partial charge is 0.103 e. The maximum absolute atomic E-state index is 2.49. The van der Waals surface area contributed by atoms with Gasteiger partial charge in [-0.1, -0.05) is 66.7 Å². The quantitative estimate of drug-likeness (QED) is 0.413. The van der Waals surface area contributed by atoms with E-state index in [1.165, 1.54) is 50.9 Å². The molecule has 0 bridgehead atoms. The molecule has 35 heavy (non-hydrogen) atoms. The number of hydrogen-bond acceptors (Lipinski definition) is 4. The van der Waals surface area contributed by atoms with Crippen LogP contribution in [0.3, 0.4) is 0 Å². The van der Waals surface area contributed by atoms with E-state index < -0.39 is 0 Å². The summed E-state index contributed by atoms with van der Waals surface area (Å²) in [6, 6.07) is 28.2. The van der Waals surface area contributed by atoms with Crippen LogP contribution in [0, 0.1) is 6.92 Å². The zero-order valence-electron chi connectivity index (χ0n) is 21.9. The van der Waals surface area contributed by atoms with Gasteiger partial charge in [0.1, 0.15) is 12.3 Å². The summed E-state index contributed by atoms with van der Waals surface area (Å²) in [5.41, 5.74) is 11.5. The Morgan fingerprint density at radius 2 is 0.886 bits per heavy atom. The lowest BCUT2D eigenvalue weighted by Gasteiger charge is -2.34. The molecule has 0 unspecified atom stereocenters. The lowest BCUT2D eigenvalue weighted by molar-refractivity contribution is 0.396. The van der Waals surface area contributed by atoms with Crippen LogP contribution in [0.1, 0.15) is 44.4 Å². The van der Waals surface area contributed by atoms with Crippen molar-refractivity contribution in [1.82, 2.24) is 9.80 Å². The first-order valence-electron chi connectivity index (χ1n) is 12.5. The minimum Gasteiger partial charge on any atom is -0.352 e. The molecule has 0 aromatic heterocycles. The monoisotopic (exact) mass is 464 g/mol. The number of rotatable bonds is 4. The molecule has 0 saturated heterocycles. The normalized spacial score (nSPS) is 20.5. The van der Waals surface area contributed by atoms with Crippen molar-refractivity contribution >= 4 is 22.8 Å². The highest BCUT2D eigenvalue weighted by Gasteiger charge is 2.36. The Balaban J connectivity index is 1.60. The SMILES string of the molecule is CC1=C(c2ccccc2)N(C)[C@@H](C)N1c1cccc(N2C(C)=C(c3ccccc3)N(C)[C@@H]2C)c1C. The predicted molar refractivity (Wildman–Crippen MR) is 149 cm³/mol. The van der Waals surface area contributed by atoms with Crippen molar-refractivity contribution in [3.8, 4) is 0 Å². The van der Waals surface area contributed by atoms with E-state index in [-0.39, 0.29) is 12.3 Å². The third-order valence-corrected chi connectivity index (χ3v) is 7.87. The first kappa shape index (κ1) is 23.1. The summed E-state index contributed by atoms with van der Waals surface area (Å²) in [6.45, 7) is 11.3. The van der Waals surface area contributed by atoms with E-state index in [4.69, 9.17) is 0 Å². The molecular weight excluding hydrogens is 428 g/mol. The first-order chi connectivity index (χ1) is 16.8. The van der Waals surface area contributed by atoms with Gasteiger partial charge in [-0.15, -0.1) is 0 Å². The van der Waals surface area contributed by atoms with Crippen molar-refractivity contribution in [1.29, 1.82) is 0 Å². The maximum atomic E-state index is 2.49. The molecular formula is C31H36N4. The van der Waals surface area contributed by atoms with E-state index >= 15 is 0 Å². The lowest BCUT2D eigenvalue weighted by Crippen LogP contribution is -2.37. The number of nitrogens with zero attached hydrogens (tertiary/aromatic N) is 4. The van der Waals surface area contributed by atoms with Gasteiger partial charge in [0, 0.05) is 36.9 Å². The summed E-state index contributed by atoms with van der Waals surface area (Å²) in [5.74, 6) is 0. The van der Waals surface area contributed by atoms with Crippen molar-refractivity contribution in [2.24, 2.45) is 0 Å². The van der Waals surface area contributed by atoms with Crippen LogP contribution in [0.5, 0.6) is 0 Å². The van der Waals surface area contributed by atoms with Gasteiger partial charge in [-0.3, -0.25) is 0 Å². The average Bonchev–Trinajstić information content (AvgIpc) is 3.22. The van der Waals surface area contributed by atoms with Gasteiger partial charge >= 0.3 is 0 Å². The number of benzene rings is 3. The van der Waals surface area contributed by atoms with Crippen molar-refractivity contribution in [2.45, 2.75) is 47.0 Å². The summed E-state index contributed by atoms with van der Waals surface area (Å²) < 4.78 is 0. The highest BCUT2D eigenvalue weighted by molar-refractivity contribution is 5.82. The highest BCUT2D eigenvalue weighted by Crippen LogP contribution is 2.44. The minimum absolute atomic E-state index is 0.231. The molecule has 2 heterocycles. The zero-order valence-corrected chi connectivity index (χ0v) is 21.9. The molecule has 0 amide bonds. The van der Waals surface area contributed by atoms with E-state index in [2.05, 4.69) is 147 Å². The van der Waals surface area contributed by atoms with Gasteiger partial charge in [0.15, 0.2) is 0 Å². The van der Waals surface area contributed by atoms with Gasteiger partial charge in [0.25, 0.3) is 0 Å². The van der Waals surface area contributed by atoms with Gasteiger partial charge in [0.2, 0.25) is 0 Å². The summed E-state index contributed by atoms with van der Waals surface area (Å²) in [4.78, 5) is 9.76. The second-order valence-electron chi connectivity index (χ2n) is 9.75. The molecule has 180 valence electrons. The van der Waals surface area contributed by atoms with E-state index in [0.29, 0.717) is 0 Å². The number of anilines is 2.